The van der Waals surface area contributed by atoms with Gasteiger partial charge in [0, 0.05) is 23.0 Å². The highest BCUT2D eigenvalue weighted by Crippen LogP contribution is 2.32. The number of ether oxygens (including phenoxy) is 1. The lowest BCUT2D eigenvalue weighted by molar-refractivity contribution is -0.131. The molecule has 2 heterocycles. The second kappa shape index (κ2) is 11.1. The first-order chi connectivity index (χ1) is 16.8. The SMILES string of the molecule is Cc1cc(OCCc2nc([C@H]3CCCN3C(=O)Cc3ccc(Cl)cc3)ccc2C(=O)O)ccc1Cl. The largest absolute Gasteiger partial charge is 0.493 e. The number of benzene rings is 2. The van der Waals surface area contributed by atoms with E-state index in [-0.39, 0.29) is 30.5 Å². The summed E-state index contributed by atoms with van der Waals surface area (Å²) in [6.07, 6.45) is 2.25. The summed E-state index contributed by atoms with van der Waals surface area (Å²) >= 11 is 12.0. The molecule has 1 N–H and O–H groups in total. The molecule has 0 bridgehead atoms. The monoisotopic (exact) mass is 512 g/mol. The van der Waals surface area contributed by atoms with E-state index in [2.05, 4.69) is 0 Å². The van der Waals surface area contributed by atoms with Crippen LogP contribution in [0.25, 0.3) is 0 Å². The summed E-state index contributed by atoms with van der Waals surface area (Å²) in [7, 11) is 0. The van der Waals surface area contributed by atoms with Crippen molar-refractivity contribution >= 4 is 35.1 Å². The topological polar surface area (TPSA) is 79.7 Å². The molecule has 1 fully saturated rings. The lowest BCUT2D eigenvalue weighted by Crippen LogP contribution is -2.32. The van der Waals surface area contributed by atoms with Gasteiger partial charge in [0.1, 0.15) is 5.75 Å². The standard InChI is InChI=1S/C27H26Cl2N2O4/c1-17-15-20(8-10-22(17)29)35-14-12-23-21(27(33)34)9-11-24(30-23)25-3-2-13-31(25)26(32)16-18-4-6-19(28)7-5-18/h4-11,15,25H,2-3,12-14,16H2,1H3,(H,33,34)/t25-/m1/s1. The molecule has 0 aliphatic carbocycles. The Balaban J connectivity index is 1.48. The number of halogens is 2. The van der Waals surface area contributed by atoms with Gasteiger partial charge in [0.15, 0.2) is 0 Å². The van der Waals surface area contributed by atoms with Gasteiger partial charge < -0.3 is 14.7 Å². The van der Waals surface area contributed by atoms with Crippen molar-refractivity contribution in [3.8, 4) is 5.75 Å². The van der Waals surface area contributed by atoms with E-state index in [1.165, 1.54) is 0 Å². The van der Waals surface area contributed by atoms with Crippen LogP contribution in [0.5, 0.6) is 5.75 Å². The van der Waals surface area contributed by atoms with E-state index in [9.17, 15) is 14.7 Å². The van der Waals surface area contributed by atoms with Crippen LogP contribution in [0.4, 0.5) is 0 Å². The molecule has 35 heavy (non-hydrogen) atoms. The molecular weight excluding hydrogens is 487 g/mol. The molecule has 0 spiro atoms. The molecule has 1 aliphatic rings. The number of carbonyl (C=O) groups excluding carboxylic acids is 1. The van der Waals surface area contributed by atoms with Crippen LogP contribution in [0.2, 0.25) is 10.0 Å². The zero-order valence-electron chi connectivity index (χ0n) is 19.3. The number of carboxylic acid groups (broad SMARTS) is 1. The first-order valence-corrected chi connectivity index (χ1v) is 12.2. The van der Waals surface area contributed by atoms with Gasteiger partial charge in [0.05, 0.1) is 36.0 Å². The third-order valence-electron chi connectivity index (χ3n) is 6.15. The molecule has 2 aromatic carbocycles. The number of pyridine rings is 1. The Labute approximate surface area is 214 Å². The summed E-state index contributed by atoms with van der Waals surface area (Å²) in [6.45, 7) is 2.81. The molecule has 1 saturated heterocycles. The van der Waals surface area contributed by atoms with Gasteiger partial charge in [-0.2, -0.15) is 0 Å². The molecule has 1 aromatic heterocycles. The molecular formula is C27H26Cl2N2O4. The van der Waals surface area contributed by atoms with E-state index in [1.807, 2.05) is 30.0 Å². The summed E-state index contributed by atoms with van der Waals surface area (Å²) in [4.78, 5) is 31.4. The predicted octanol–water partition coefficient (Wildman–Crippen LogP) is 5.92. The van der Waals surface area contributed by atoms with Crippen LogP contribution < -0.4 is 4.74 Å². The number of hydrogen-bond acceptors (Lipinski definition) is 4. The zero-order valence-corrected chi connectivity index (χ0v) is 20.9. The Morgan fingerprint density at radius 2 is 1.89 bits per heavy atom. The third kappa shape index (κ3) is 6.13. The second-order valence-electron chi connectivity index (χ2n) is 8.59. The van der Waals surface area contributed by atoms with Crippen molar-refractivity contribution in [2.75, 3.05) is 13.2 Å². The van der Waals surface area contributed by atoms with Crippen LogP contribution in [0, 0.1) is 6.92 Å². The number of carbonyl (C=O) groups is 2. The van der Waals surface area contributed by atoms with Crippen LogP contribution in [0.15, 0.2) is 54.6 Å². The van der Waals surface area contributed by atoms with Crippen molar-refractivity contribution in [2.24, 2.45) is 0 Å². The van der Waals surface area contributed by atoms with Gasteiger partial charge >= 0.3 is 5.97 Å². The van der Waals surface area contributed by atoms with Crippen molar-refractivity contribution in [3.05, 3.63) is 92.7 Å². The number of amides is 1. The fourth-order valence-electron chi connectivity index (χ4n) is 4.31. The third-order valence-corrected chi connectivity index (χ3v) is 6.82. The second-order valence-corrected chi connectivity index (χ2v) is 9.44. The molecule has 0 unspecified atom stereocenters. The summed E-state index contributed by atoms with van der Waals surface area (Å²) in [6, 6.07) is 15.8. The Morgan fingerprint density at radius 1 is 1.11 bits per heavy atom. The van der Waals surface area contributed by atoms with Crippen molar-refractivity contribution in [1.29, 1.82) is 0 Å². The fraction of sp³-hybridized carbons (Fsp3) is 0.296. The number of aryl methyl sites for hydroxylation is 1. The zero-order chi connectivity index (χ0) is 24.9. The van der Waals surface area contributed by atoms with Crippen LogP contribution in [-0.2, 0) is 17.6 Å². The average Bonchev–Trinajstić information content (AvgIpc) is 3.33. The van der Waals surface area contributed by atoms with E-state index < -0.39 is 5.97 Å². The molecule has 3 aromatic rings. The Hall–Kier alpha value is -3.09. The molecule has 8 heteroatoms. The highest BCUT2D eigenvalue weighted by molar-refractivity contribution is 6.31. The summed E-state index contributed by atoms with van der Waals surface area (Å²) in [5, 5.41) is 10.9. The number of carboxylic acids is 1. The van der Waals surface area contributed by atoms with Crippen LogP contribution in [0.1, 0.15) is 51.8 Å². The van der Waals surface area contributed by atoms with E-state index in [0.29, 0.717) is 40.1 Å². The van der Waals surface area contributed by atoms with Gasteiger partial charge in [-0.25, -0.2) is 4.79 Å². The number of likely N-dealkylation sites (tertiary alicyclic amines) is 1. The number of nitrogens with zero attached hydrogens (tertiary/aromatic N) is 2. The molecule has 1 aliphatic heterocycles. The average molecular weight is 513 g/mol. The van der Waals surface area contributed by atoms with Crippen molar-refractivity contribution in [1.82, 2.24) is 9.88 Å². The van der Waals surface area contributed by atoms with Crippen LogP contribution in [0.3, 0.4) is 0 Å². The summed E-state index contributed by atoms with van der Waals surface area (Å²) in [5.74, 6) is -0.361. The molecule has 1 atom stereocenters. The quantitative estimate of drug-likeness (QED) is 0.404. The normalized spacial score (nSPS) is 15.3. The molecule has 0 saturated carbocycles. The molecule has 6 nitrogen and oxygen atoms in total. The van der Waals surface area contributed by atoms with Gasteiger partial charge in [0.2, 0.25) is 5.91 Å². The number of rotatable bonds is 8. The Bertz CT molecular complexity index is 1230. The smallest absolute Gasteiger partial charge is 0.337 e. The molecule has 4 rings (SSSR count). The highest BCUT2D eigenvalue weighted by atomic mass is 35.5. The number of aromatic carboxylic acids is 1. The van der Waals surface area contributed by atoms with Gasteiger partial charge in [-0.15, -0.1) is 0 Å². The van der Waals surface area contributed by atoms with Crippen molar-refractivity contribution < 1.29 is 19.4 Å². The summed E-state index contributed by atoms with van der Waals surface area (Å²) < 4.78 is 5.81. The van der Waals surface area contributed by atoms with Gasteiger partial charge in [0.25, 0.3) is 0 Å². The Kier molecular flexibility index (Phi) is 7.93. The van der Waals surface area contributed by atoms with Crippen LogP contribution >= 0.6 is 23.2 Å². The minimum atomic E-state index is -1.04. The number of hydrogen-bond donors (Lipinski definition) is 1. The maximum atomic E-state index is 13.1. The van der Waals surface area contributed by atoms with Gasteiger partial charge in [-0.05, 0) is 73.4 Å². The molecule has 1 amide bonds. The van der Waals surface area contributed by atoms with E-state index >= 15 is 0 Å². The van der Waals surface area contributed by atoms with Gasteiger partial charge in [-0.3, -0.25) is 9.78 Å². The minimum absolute atomic E-state index is 0.0157. The van der Waals surface area contributed by atoms with Crippen molar-refractivity contribution in [2.45, 2.75) is 38.6 Å². The van der Waals surface area contributed by atoms with Crippen LogP contribution in [-0.4, -0.2) is 40.0 Å². The maximum Gasteiger partial charge on any atom is 0.337 e. The first kappa shape index (κ1) is 25.0. The van der Waals surface area contributed by atoms with E-state index in [0.717, 1.165) is 24.0 Å². The summed E-state index contributed by atoms with van der Waals surface area (Å²) in [5.41, 5.74) is 3.09. The lowest BCUT2D eigenvalue weighted by Gasteiger charge is -2.25. The Morgan fingerprint density at radius 3 is 2.60 bits per heavy atom. The first-order valence-electron chi connectivity index (χ1n) is 11.5. The lowest BCUT2D eigenvalue weighted by atomic mass is 10.1. The highest BCUT2D eigenvalue weighted by Gasteiger charge is 2.31. The minimum Gasteiger partial charge on any atom is -0.493 e. The maximum absolute atomic E-state index is 13.1. The molecule has 0 radical (unpaired) electrons. The fourth-order valence-corrected chi connectivity index (χ4v) is 4.56. The van der Waals surface area contributed by atoms with Gasteiger partial charge in [-0.1, -0.05) is 35.3 Å². The van der Waals surface area contributed by atoms with E-state index in [4.69, 9.17) is 32.9 Å². The predicted molar refractivity (Wildman–Crippen MR) is 135 cm³/mol. The molecule has 182 valence electrons. The van der Waals surface area contributed by atoms with Crippen molar-refractivity contribution in [3.63, 3.8) is 0 Å². The van der Waals surface area contributed by atoms with E-state index in [1.54, 1.807) is 36.4 Å². The number of aromatic nitrogens is 1.